The molecule has 0 aliphatic heterocycles. The van der Waals surface area contributed by atoms with Crippen LogP contribution in [0.3, 0.4) is 0 Å². The van der Waals surface area contributed by atoms with E-state index in [4.69, 9.17) is 14.2 Å². The van der Waals surface area contributed by atoms with Gasteiger partial charge in [-0.15, -0.1) is 0 Å². The summed E-state index contributed by atoms with van der Waals surface area (Å²) < 4.78 is 17.0. The van der Waals surface area contributed by atoms with E-state index in [-0.39, 0.29) is 24.6 Å². The van der Waals surface area contributed by atoms with Crippen molar-refractivity contribution in [2.45, 2.75) is 13.5 Å². The van der Waals surface area contributed by atoms with Crippen molar-refractivity contribution in [3.05, 3.63) is 16.1 Å². The molecule has 0 aromatic carbocycles. The minimum Gasteiger partial charge on any atom is -0.459 e. The Bertz CT molecular complexity index is 461. The van der Waals surface area contributed by atoms with Gasteiger partial charge in [-0.2, -0.15) is 0 Å². The Labute approximate surface area is 125 Å². The first kappa shape index (κ1) is 16.8. The number of hydrogen-bond donors (Lipinski definition) is 0. The van der Waals surface area contributed by atoms with Crippen LogP contribution in [-0.4, -0.2) is 55.3 Å². The lowest BCUT2D eigenvalue weighted by molar-refractivity contribution is 0.0205. The normalized spacial score (nSPS) is 10.6. The monoisotopic (exact) mass is 348 g/mol. The largest absolute Gasteiger partial charge is 0.459 e. The maximum atomic E-state index is 12.0. The molecule has 0 N–H and O–H groups in total. The van der Waals surface area contributed by atoms with Gasteiger partial charge in [0.25, 0.3) is 0 Å². The average molecular weight is 349 g/mol. The smallest absolute Gasteiger partial charge is 0.357 e. The number of methoxy groups -OCH3 is 1. The van der Waals surface area contributed by atoms with Gasteiger partial charge in [-0.05, 0) is 22.9 Å². The number of aromatic nitrogens is 2. The Morgan fingerprint density at radius 1 is 1.35 bits per heavy atom. The standard InChI is InChI=1S/C12H17BrN2O5/c1-3-15-10(9(8-16)14-12(15)13)11(17)20-7-6-19-5-4-18-2/h8H,3-7H2,1-2H3. The summed E-state index contributed by atoms with van der Waals surface area (Å²) in [5, 5.41) is 0. The van der Waals surface area contributed by atoms with Gasteiger partial charge in [0, 0.05) is 13.7 Å². The maximum Gasteiger partial charge on any atom is 0.357 e. The summed E-state index contributed by atoms with van der Waals surface area (Å²) in [5.41, 5.74) is 0.204. The van der Waals surface area contributed by atoms with E-state index >= 15 is 0 Å². The maximum absolute atomic E-state index is 12.0. The summed E-state index contributed by atoms with van der Waals surface area (Å²) in [6.07, 6.45) is 0.530. The van der Waals surface area contributed by atoms with Gasteiger partial charge < -0.3 is 18.8 Å². The molecule has 112 valence electrons. The third kappa shape index (κ3) is 4.39. The molecule has 0 fully saturated rings. The summed E-state index contributed by atoms with van der Waals surface area (Å²) in [6, 6.07) is 0. The Balaban J connectivity index is 2.57. The van der Waals surface area contributed by atoms with Gasteiger partial charge in [-0.25, -0.2) is 9.78 Å². The number of ether oxygens (including phenoxy) is 3. The topological polar surface area (TPSA) is 79.7 Å². The molecule has 0 aliphatic rings. The number of esters is 1. The molecule has 1 rings (SSSR count). The average Bonchev–Trinajstić information content (AvgIpc) is 2.78. The highest BCUT2D eigenvalue weighted by atomic mass is 79.9. The minimum atomic E-state index is -0.595. The van der Waals surface area contributed by atoms with Crippen molar-refractivity contribution in [1.29, 1.82) is 0 Å². The van der Waals surface area contributed by atoms with Crippen LogP contribution in [0.25, 0.3) is 0 Å². The molecule has 7 nitrogen and oxygen atoms in total. The SMILES string of the molecule is CCn1c(Br)nc(C=O)c1C(=O)OCCOCCOC. The molecule has 0 bridgehead atoms. The molecule has 20 heavy (non-hydrogen) atoms. The predicted octanol–water partition coefficient (Wildman–Crippen LogP) is 1.30. The Kier molecular flexibility index (Phi) is 7.42. The molecule has 0 aliphatic carbocycles. The number of carbonyl (C=O) groups excluding carboxylic acids is 2. The van der Waals surface area contributed by atoms with Crippen LogP contribution in [0.1, 0.15) is 27.9 Å². The highest BCUT2D eigenvalue weighted by Crippen LogP contribution is 2.16. The fourth-order valence-corrected chi connectivity index (χ4v) is 2.15. The number of rotatable bonds is 9. The first-order valence-electron chi connectivity index (χ1n) is 6.10. The van der Waals surface area contributed by atoms with E-state index < -0.39 is 5.97 Å². The fraction of sp³-hybridized carbons (Fsp3) is 0.583. The molecule has 0 radical (unpaired) electrons. The zero-order valence-electron chi connectivity index (χ0n) is 11.4. The van der Waals surface area contributed by atoms with Gasteiger partial charge in [-0.3, -0.25) is 4.79 Å². The molecular formula is C12H17BrN2O5. The van der Waals surface area contributed by atoms with Gasteiger partial charge in [0.15, 0.2) is 16.7 Å². The van der Waals surface area contributed by atoms with Crippen molar-refractivity contribution in [1.82, 2.24) is 9.55 Å². The lowest BCUT2D eigenvalue weighted by Gasteiger charge is -2.08. The van der Waals surface area contributed by atoms with Crippen molar-refractivity contribution >= 4 is 28.2 Å². The molecule has 8 heteroatoms. The van der Waals surface area contributed by atoms with Gasteiger partial charge in [0.05, 0.1) is 19.8 Å². The van der Waals surface area contributed by atoms with Crippen molar-refractivity contribution in [3.8, 4) is 0 Å². The summed E-state index contributed by atoms with van der Waals surface area (Å²) in [5.74, 6) is -0.595. The second-order valence-electron chi connectivity index (χ2n) is 3.72. The second kappa shape index (κ2) is 8.83. The van der Waals surface area contributed by atoms with Crippen LogP contribution in [0, 0.1) is 0 Å². The van der Waals surface area contributed by atoms with E-state index in [0.717, 1.165) is 0 Å². The summed E-state index contributed by atoms with van der Waals surface area (Å²) in [4.78, 5) is 26.8. The highest BCUT2D eigenvalue weighted by Gasteiger charge is 2.22. The number of nitrogens with zero attached hydrogens (tertiary/aromatic N) is 2. The molecule has 0 spiro atoms. The molecule has 0 saturated carbocycles. The second-order valence-corrected chi connectivity index (χ2v) is 4.43. The minimum absolute atomic E-state index is 0.0593. The van der Waals surface area contributed by atoms with E-state index in [1.54, 1.807) is 11.7 Å². The number of halogens is 1. The zero-order chi connectivity index (χ0) is 15.0. The van der Waals surface area contributed by atoms with Crippen molar-refractivity contribution in [2.75, 3.05) is 33.5 Å². The fourth-order valence-electron chi connectivity index (χ4n) is 1.53. The number of hydrogen-bond acceptors (Lipinski definition) is 6. The molecule has 1 aromatic rings. The van der Waals surface area contributed by atoms with Crippen LogP contribution < -0.4 is 0 Å². The number of imidazole rings is 1. The Morgan fingerprint density at radius 2 is 2.05 bits per heavy atom. The van der Waals surface area contributed by atoms with Crippen molar-refractivity contribution in [3.63, 3.8) is 0 Å². The third-order valence-corrected chi connectivity index (χ3v) is 3.07. The van der Waals surface area contributed by atoms with Crippen molar-refractivity contribution < 1.29 is 23.8 Å². The molecule has 0 unspecified atom stereocenters. The van der Waals surface area contributed by atoms with Gasteiger partial charge in [-0.1, -0.05) is 0 Å². The van der Waals surface area contributed by atoms with Gasteiger partial charge >= 0.3 is 5.97 Å². The van der Waals surface area contributed by atoms with Crippen LogP contribution in [0.15, 0.2) is 4.73 Å². The molecule has 0 atom stereocenters. The summed E-state index contributed by atoms with van der Waals surface area (Å²) in [7, 11) is 1.58. The van der Waals surface area contributed by atoms with E-state index in [1.807, 2.05) is 6.92 Å². The predicted molar refractivity (Wildman–Crippen MR) is 74.0 cm³/mol. The van der Waals surface area contributed by atoms with Crippen LogP contribution in [0.5, 0.6) is 0 Å². The van der Waals surface area contributed by atoms with Crippen LogP contribution in [-0.2, 0) is 20.8 Å². The van der Waals surface area contributed by atoms with Crippen LogP contribution in [0.2, 0.25) is 0 Å². The lowest BCUT2D eigenvalue weighted by atomic mass is 10.3. The molecule has 1 aromatic heterocycles. The Hall–Kier alpha value is -1.25. The van der Waals surface area contributed by atoms with Gasteiger partial charge in [0.1, 0.15) is 12.3 Å². The first-order chi connectivity index (χ1) is 9.65. The zero-order valence-corrected chi connectivity index (χ0v) is 13.0. The number of carbonyl (C=O) groups is 2. The van der Waals surface area contributed by atoms with E-state index in [2.05, 4.69) is 20.9 Å². The highest BCUT2D eigenvalue weighted by molar-refractivity contribution is 9.10. The Morgan fingerprint density at radius 3 is 2.65 bits per heavy atom. The quantitative estimate of drug-likeness (QED) is 0.380. The van der Waals surface area contributed by atoms with Crippen molar-refractivity contribution in [2.24, 2.45) is 0 Å². The molecule has 0 amide bonds. The number of aldehydes is 1. The first-order valence-corrected chi connectivity index (χ1v) is 6.90. The van der Waals surface area contributed by atoms with E-state index in [0.29, 0.717) is 30.8 Å². The third-order valence-electron chi connectivity index (χ3n) is 2.46. The van der Waals surface area contributed by atoms with Crippen LogP contribution in [0.4, 0.5) is 0 Å². The van der Waals surface area contributed by atoms with Crippen LogP contribution >= 0.6 is 15.9 Å². The summed E-state index contributed by atoms with van der Waals surface area (Å²) >= 11 is 3.19. The summed E-state index contributed by atoms with van der Waals surface area (Å²) in [6.45, 7) is 3.63. The van der Waals surface area contributed by atoms with Gasteiger partial charge in [0.2, 0.25) is 0 Å². The lowest BCUT2D eigenvalue weighted by Crippen LogP contribution is -2.17. The van der Waals surface area contributed by atoms with E-state index in [9.17, 15) is 9.59 Å². The molecule has 1 heterocycles. The van der Waals surface area contributed by atoms with E-state index in [1.165, 1.54) is 0 Å². The molecule has 0 saturated heterocycles. The molecular weight excluding hydrogens is 332 g/mol.